The van der Waals surface area contributed by atoms with E-state index < -0.39 is 5.60 Å². The van der Waals surface area contributed by atoms with Crippen LogP contribution in [0, 0.1) is 0 Å². The van der Waals surface area contributed by atoms with Gasteiger partial charge < -0.3 is 14.6 Å². The third-order valence-electron chi connectivity index (χ3n) is 5.28. The van der Waals surface area contributed by atoms with Gasteiger partial charge in [-0.2, -0.15) is 0 Å². The van der Waals surface area contributed by atoms with E-state index in [0.717, 1.165) is 23.9 Å². The fraction of sp³-hybridized carbons (Fsp3) is 0.600. The number of rotatable bonds is 2. The number of ether oxygens (including phenoxy) is 1. The molecule has 0 radical (unpaired) electrons. The molecule has 6 heteroatoms. The lowest BCUT2D eigenvalue weighted by molar-refractivity contribution is 0.0189. The molecule has 1 saturated carbocycles. The number of nitrogens with zero attached hydrogens (tertiary/aromatic N) is 2. The second-order valence-corrected chi connectivity index (χ2v) is 8.51. The van der Waals surface area contributed by atoms with Gasteiger partial charge in [0.2, 0.25) is 0 Å². The van der Waals surface area contributed by atoms with Gasteiger partial charge >= 0.3 is 11.8 Å². The van der Waals surface area contributed by atoms with Gasteiger partial charge in [-0.05, 0) is 64.0 Å². The van der Waals surface area contributed by atoms with Crippen LogP contribution in [0.5, 0.6) is 0 Å². The Labute approximate surface area is 153 Å². The summed E-state index contributed by atoms with van der Waals surface area (Å²) in [5.74, 6) is 0.596. The number of benzene rings is 1. The molecule has 0 spiro atoms. The van der Waals surface area contributed by atoms with Crippen LogP contribution in [-0.2, 0) is 4.74 Å². The zero-order chi connectivity index (χ0) is 18.5. The van der Waals surface area contributed by atoms with Crippen LogP contribution in [0.3, 0.4) is 0 Å². The summed E-state index contributed by atoms with van der Waals surface area (Å²) in [6.45, 7) is 6.85. The quantitative estimate of drug-likeness (QED) is 0.889. The van der Waals surface area contributed by atoms with Crippen molar-refractivity contribution < 1.29 is 9.53 Å². The van der Waals surface area contributed by atoms with E-state index in [0.29, 0.717) is 19.0 Å². The molecule has 2 heterocycles. The highest BCUT2D eigenvalue weighted by atomic mass is 16.6. The van der Waals surface area contributed by atoms with Gasteiger partial charge in [-0.15, -0.1) is 0 Å². The number of aromatic amines is 1. The summed E-state index contributed by atoms with van der Waals surface area (Å²) in [7, 11) is 0. The van der Waals surface area contributed by atoms with Crippen molar-refractivity contribution in [2.45, 2.75) is 64.0 Å². The van der Waals surface area contributed by atoms with Gasteiger partial charge in [0.15, 0.2) is 0 Å². The number of likely N-dealkylation sites (tertiary alicyclic amines) is 1. The lowest BCUT2D eigenvalue weighted by Crippen LogP contribution is -2.43. The van der Waals surface area contributed by atoms with Crippen LogP contribution in [0.4, 0.5) is 4.79 Å². The Morgan fingerprint density at radius 3 is 2.46 bits per heavy atom. The number of piperidine rings is 1. The molecule has 0 bridgehead atoms. The van der Waals surface area contributed by atoms with E-state index in [9.17, 15) is 9.59 Å². The first kappa shape index (κ1) is 17.2. The number of hydrogen-bond donors (Lipinski definition) is 1. The number of aromatic nitrogens is 2. The Morgan fingerprint density at radius 2 is 1.85 bits per heavy atom. The number of para-hydroxylation sites is 1. The number of H-pyrrole nitrogens is 1. The first-order valence-corrected chi connectivity index (χ1v) is 9.54. The Balaban J connectivity index is 1.53. The molecule has 1 aromatic carbocycles. The van der Waals surface area contributed by atoms with Crippen LogP contribution in [0.2, 0.25) is 0 Å². The monoisotopic (exact) mass is 357 g/mol. The third-order valence-corrected chi connectivity index (χ3v) is 5.28. The Bertz CT molecular complexity index is 878. The van der Waals surface area contributed by atoms with Crippen molar-refractivity contribution in [2.75, 3.05) is 13.1 Å². The van der Waals surface area contributed by atoms with E-state index in [2.05, 4.69) is 17.1 Å². The summed E-state index contributed by atoms with van der Waals surface area (Å²) in [6.07, 6.45) is 3.68. The minimum absolute atomic E-state index is 0.0381. The lowest BCUT2D eigenvalue weighted by atomic mass is 10.0. The number of hydrogen-bond acceptors (Lipinski definition) is 3. The normalized spacial score (nSPS) is 19.1. The average Bonchev–Trinajstić information content (AvgIpc) is 3.35. The molecule has 140 valence electrons. The van der Waals surface area contributed by atoms with Crippen molar-refractivity contribution in [3.8, 4) is 0 Å². The van der Waals surface area contributed by atoms with E-state index in [4.69, 9.17) is 4.74 Å². The molecule has 1 aliphatic carbocycles. The summed E-state index contributed by atoms with van der Waals surface area (Å²) in [6, 6.07) is 6.32. The van der Waals surface area contributed by atoms with Crippen molar-refractivity contribution in [2.24, 2.45) is 0 Å². The Hall–Kier alpha value is -2.24. The molecular weight excluding hydrogens is 330 g/mol. The molecule has 6 nitrogen and oxygen atoms in total. The fourth-order valence-corrected chi connectivity index (χ4v) is 3.90. The number of imidazole rings is 1. The van der Waals surface area contributed by atoms with Gasteiger partial charge in [0.25, 0.3) is 0 Å². The van der Waals surface area contributed by atoms with E-state index in [1.54, 1.807) is 4.90 Å². The smallest absolute Gasteiger partial charge is 0.410 e. The summed E-state index contributed by atoms with van der Waals surface area (Å²) in [5, 5.41) is 0. The molecule has 1 aliphatic heterocycles. The van der Waals surface area contributed by atoms with Gasteiger partial charge in [-0.1, -0.05) is 12.1 Å². The van der Waals surface area contributed by atoms with E-state index in [1.807, 2.05) is 31.4 Å². The van der Waals surface area contributed by atoms with Crippen molar-refractivity contribution in [3.63, 3.8) is 0 Å². The number of carbonyl (C=O) groups excluding carboxylic acids is 1. The molecule has 2 aliphatic rings. The van der Waals surface area contributed by atoms with Gasteiger partial charge in [0, 0.05) is 19.1 Å². The lowest BCUT2D eigenvalue weighted by Gasteiger charge is -2.33. The fourth-order valence-electron chi connectivity index (χ4n) is 3.90. The summed E-state index contributed by atoms with van der Waals surface area (Å²) in [4.78, 5) is 29.7. The molecule has 2 aromatic rings. The van der Waals surface area contributed by atoms with Crippen LogP contribution < -0.4 is 5.69 Å². The second-order valence-electron chi connectivity index (χ2n) is 8.51. The molecule has 0 atom stereocenters. The van der Waals surface area contributed by atoms with Crippen molar-refractivity contribution in [1.82, 2.24) is 14.5 Å². The van der Waals surface area contributed by atoms with E-state index >= 15 is 0 Å². The van der Waals surface area contributed by atoms with Crippen molar-refractivity contribution >= 4 is 17.1 Å². The highest BCUT2D eigenvalue weighted by Gasteiger charge is 2.30. The Morgan fingerprint density at radius 1 is 1.15 bits per heavy atom. The summed E-state index contributed by atoms with van der Waals surface area (Å²) >= 11 is 0. The van der Waals surface area contributed by atoms with Crippen molar-refractivity contribution in [3.05, 3.63) is 34.2 Å². The molecule has 1 N–H and O–H groups in total. The highest BCUT2D eigenvalue weighted by molar-refractivity contribution is 5.80. The largest absolute Gasteiger partial charge is 0.444 e. The first-order valence-electron chi connectivity index (χ1n) is 9.54. The molecule has 1 aromatic heterocycles. The van der Waals surface area contributed by atoms with Crippen molar-refractivity contribution in [1.29, 1.82) is 0 Å². The van der Waals surface area contributed by atoms with Gasteiger partial charge in [0.1, 0.15) is 5.60 Å². The maximum absolute atomic E-state index is 12.6. The topological polar surface area (TPSA) is 67.3 Å². The second kappa shape index (κ2) is 6.18. The van der Waals surface area contributed by atoms with E-state index in [1.165, 1.54) is 18.4 Å². The summed E-state index contributed by atoms with van der Waals surface area (Å²) in [5.41, 5.74) is 2.74. The number of amides is 1. The summed E-state index contributed by atoms with van der Waals surface area (Å²) < 4.78 is 7.35. The van der Waals surface area contributed by atoms with Gasteiger partial charge in [-0.3, -0.25) is 4.57 Å². The average molecular weight is 357 g/mol. The molecule has 0 unspecified atom stereocenters. The molecule has 4 rings (SSSR count). The zero-order valence-electron chi connectivity index (χ0n) is 15.7. The molecular formula is C20H27N3O3. The minimum atomic E-state index is -0.485. The maximum atomic E-state index is 12.6. The zero-order valence-corrected chi connectivity index (χ0v) is 15.7. The van der Waals surface area contributed by atoms with Crippen LogP contribution in [-0.4, -0.2) is 39.2 Å². The van der Waals surface area contributed by atoms with Gasteiger partial charge in [0.05, 0.1) is 11.0 Å². The van der Waals surface area contributed by atoms with Crippen LogP contribution in [0.25, 0.3) is 11.0 Å². The van der Waals surface area contributed by atoms with Crippen LogP contribution in [0.15, 0.2) is 23.0 Å². The number of fused-ring (bicyclic) bond motifs is 1. The van der Waals surface area contributed by atoms with E-state index in [-0.39, 0.29) is 17.8 Å². The SMILES string of the molecule is CC(C)(C)OC(=O)N1CCC(n2c(=O)[nH]c3c(C4CC4)cccc32)CC1. The minimum Gasteiger partial charge on any atom is -0.444 e. The maximum Gasteiger partial charge on any atom is 0.410 e. The number of carbonyl (C=O) groups is 1. The molecule has 1 amide bonds. The molecule has 1 saturated heterocycles. The third kappa shape index (κ3) is 3.24. The predicted molar refractivity (Wildman–Crippen MR) is 101 cm³/mol. The molecule has 26 heavy (non-hydrogen) atoms. The Kier molecular flexibility index (Phi) is 4.09. The van der Waals surface area contributed by atoms with Crippen LogP contribution >= 0.6 is 0 Å². The van der Waals surface area contributed by atoms with Gasteiger partial charge in [-0.25, -0.2) is 9.59 Å². The highest BCUT2D eigenvalue weighted by Crippen LogP contribution is 2.42. The molecule has 2 fully saturated rings. The van der Waals surface area contributed by atoms with Crippen LogP contribution in [0.1, 0.15) is 64.0 Å². The first-order chi connectivity index (χ1) is 12.3. The standard InChI is InChI=1S/C20H27N3O3/c1-20(2,3)26-19(25)22-11-9-14(10-12-22)23-16-6-4-5-15(13-7-8-13)17(16)21-18(23)24/h4-6,13-14H,7-12H2,1-3H3,(H,21,24). The predicted octanol–water partition coefficient (Wildman–Crippen LogP) is 3.78. The number of nitrogens with one attached hydrogen (secondary N) is 1.